The summed E-state index contributed by atoms with van der Waals surface area (Å²) in [6.07, 6.45) is 2.50. The van der Waals surface area contributed by atoms with Gasteiger partial charge in [-0.3, -0.25) is 24.2 Å². The number of hydrogen-bond donors (Lipinski definition) is 3. The van der Waals surface area contributed by atoms with Gasteiger partial charge < -0.3 is 44.9 Å². The number of aliphatic hydroxyl groups is 2. The van der Waals surface area contributed by atoms with Crippen LogP contribution in [0.15, 0.2) is 122 Å². The molecular formula is C67H80Cl2F6N8O6. The molecule has 22 heteroatoms. The normalized spacial score (nSPS) is 20.0. The second kappa shape index (κ2) is 29.2. The Kier molecular flexibility index (Phi) is 22.0. The molecule has 3 atom stereocenters. The molecule has 89 heavy (non-hydrogen) atoms. The SMILES string of the molecule is CN(C)CCNC(=O)c1ccc(N2CCC(CC3CCN(C(=O)[C@](O)(c4ccccc4)C(F)(F)F)CC3)CC2)cc1Cl.O=C(c1ccc(N2CCC(CC3CCN(C(=O)[C@](O)(c4ccccc4)C(F)(F)F)CC3)CC2)cc1Cl)N1CCC(c2ccncc2)C1. The summed E-state index contributed by atoms with van der Waals surface area (Å²) >= 11 is 13.1. The van der Waals surface area contributed by atoms with Gasteiger partial charge in [0.05, 0.1) is 21.2 Å². The van der Waals surface area contributed by atoms with Gasteiger partial charge in [-0.05, 0) is 162 Å². The van der Waals surface area contributed by atoms with E-state index in [-0.39, 0.29) is 38.0 Å². The van der Waals surface area contributed by atoms with E-state index >= 15 is 0 Å². The van der Waals surface area contributed by atoms with Crippen molar-refractivity contribution in [3.63, 3.8) is 0 Å². The molecule has 14 nitrogen and oxygen atoms in total. The molecule has 0 aliphatic carbocycles. The van der Waals surface area contributed by atoms with Gasteiger partial charge in [-0.2, -0.15) is 26.3 Å². The van der Waals surface area contributed by atoms with Crippen molar-refractivity contribution in [3.8, 4) is 0 Å². The lowest BCUT2D eigenvalue weighted by Gasteiger charge is -2.40. The van der Waals surface area contributed by atoms with Crippen LogP contribution in [-0.4, -0.2) is 163 Å². The predicted octanol–water partition coefficient (Wildman–Crippen LogP) is 11.6. The molecule has 0 radical (unpaired) electrons. The minimum atomic E-state index is -5.13. The molecule has 4 amide bonds. The molecule has 1 aromatic heterocycles. The maximum Gasteiger partial charge on any atom is 0.430 e. The first-order chi connectivity index (χ1) is 42.4. The van der Waals surface area contributed by atoms with Crippen LogP contribution in [0, 0.1) is 23.7 Å². The molecular weight excluding hydrogens is 1200 g/mol. The van der Waals surface area contributed by atoms with Crippen LogP contribution in [0.4, 0.5) is 37.7 Å². The molecule has 5 aliphatic rings. The number of aromatic nitrogens is 1. The first-order valence-electron chi connectivity index (χ1n) is 30.9. The number of alkyl halides is 6. The number of amides is 4. The average molecular weight is 1280 g/mol. The minimum Gasteiger partial charge on any atom is -0.371 e. The standard InChI is InChI=1S/C36H40ClF3N4O3.C31H40ClF3N4O3/c37-32-23-30(6-7-31(32)33(45)44-21-14-28(24-44)27-8-15-41-16-9-27)42-17-10-25(11-18-42)22-26-12-19-43(20-13-26)34(46)35(47,36(38,39)40)29-4-2-1-3-5-29;1-37(2)19-14-36-28(40)26-9-8-25(21-27(26)32)38-15-10-22(11-16-38)20-23-12-17-39(18-13-23)29(41)30(42,31(33,34)35)24-6-4-3-5-7-24/h1-9,15-16,23,25-26,28,47H,10-14,17-22,24H2;3-9,21-23,42H,10-20H2,1-2H3,(H,36,40)/t28?,35-;30-/m11/s1. The smallest absolute Gasteiger partial charge is 0.371 e. The lowest BCUT2D eigenvalue weighted by atomic mass is 9.82. The van der Waals surface area contributed by atoms with Crippen molar-refractivity contribution < 1.29 is 55.7 Å². The molecule has 4 aromatic carbocycles. The number of nitrogens with one attached hydrogen (secondary N) is 1. The van der Waals surface area contributed by atoms with Crippen molar-refractivity contribution in [2.45, 2.75) is 100 Å². The fourth-order valence-corrected chi connectivity index (χ4v) is 14.0. The van der Waals surface area contributed by atoms with Gasteiger partial charge in [-0.25, -0.2) is 0 Å². The van der Waals surface area contributed by atoms with Crippen molar-refractivity contribution in [2.75, 3.05) is 102 Å². The van der Waals surface area contributed by atoms with Crippen LogP contribution in [0.3, 0.4) is 0 Å². The van der Waals surface area contributed by atoms with E-state index in [9.17, 15) is 55.7 Å². The van der Waals surface area contributed by atoms with E-state index in [1.54, 1.807) is 30.6 Å². The van der Waals surface area contributed by atoms with E-state index in [4.69, 9.17) is 23.2 Å². The highest BCUT2D eigenvalue weighted by atomic mass is 35.5. The fourth-order valence-electron chi connectivity index (χ4n) is 13.4. The van der Waals surface area contributed by atoms with Gasteiger partial charge in [0, 0.05) is 119 Å². The van der Waals surface area contributed by atoms with Crippen LogP contribution in [-0.2, 0) is 20.8 Å². The number of halogens is 8. The summed E-state index contributed by atoms with van der Waals surface area (Å²) in [6, 6.07) is 28.4. The lowest BCUT2D eigenvalue weighted by molar-refractivity contribution is -0.263. The molecule has 5 saturated heterocycles. The van der Waals surface area contributed by atoms with Crippen molar-refractivity contribution in [2.24, 2.45) is 23.7 Å². The topological polar surface area (TPSA) is 153 Å². The van der Waals surface area contributed by atoms with E-state index in [2.05, 4.69) is 20.1 Å². The van der Waals surface area contributed by atoms with Crippen LogP contribution in [0.5, 0.6) is 0 Å². The maximum absolute atomic E-state index is 14.0. The first kappa shape index (κ1) is 67.0. The molecule has 5 aromatic rings. The fraction of sp³-hybridized carbons (Fsp3) is 0.507. The summed E-state index contributed by atoms with van der Waals surface area (Å²) in [5.41, 5.74) is -3.90. The summed E-state index contributed by atoms with van der Waals surface area (Å²) in [4.78, 5) is 66.7. The second-order valence-electron chi connectivity index (χ2n) is 24.9. The highest BCUT2D eigenvalue weighted by Gasteiger charge is 2.63. The molecule has 10 rings (SSSR count). The van der Waals surface area contributed by atoms with Crippen LogP contribution < -0.4 is 15.1 Å². The van der Waals surface area contributed by atoms with Gasteiger partial charge in [0.1, 0.15) is 0 Å². The number of carbonyl (C=O) groups excluding carboxylic acids is 4. The number of piperidine rings is 4. The van der Waals surface area contributed by atoms with Crippen LogP contribution in [0.1, 0.15) is 114 Å². The van der Waals surface area contributed by atoms with Gasteiger partial charge in [-0.15, -0.1) is 0 Å². The summed E-state index contributed by atoms with van der Waals surface area (Å²) in [5.74, 6) is -0.943. The predicted molar refractivity (Wildman–Crippen MR) is 332 cm³/mol. The lowest BCUT2D eigenvalue weighted by Crippen LogP contribution is -2.57. The Balaban J connectivity index is 0.000000213. The Morgan fingerprint density at radius 1 is 0.539 bits per heavy atom. The van der Waals surface area contributed by atoms with Crippen LogP contribution in [0.2, 0.25) is 10.0 Å². The summed E-state index contributed by atoms with van der Waals surface area (Å²) in [6.45, 7) is 6.80. The Morgan fingerprint density at radius 3 is 1.33 bits per heavy atom. The molecule has 480 valence electrons. The summed E-state index contributed by atoms with van der Waals surface area (Å²) < 4.78 is 83.9. The molecule has 0 saturated carbocycles. The molecule has 3 N–H and O–H groups in total. The van der Waals surface area contributed by atoms with Crippen molar-refractivity contribution in [1.82, 2.24) is 29.9 Å². The number of hydrogen-bond acceptors (Lipinski definition) is 10. The summed E-state index contributed by atoms with van der Waals surface area (Å²) in [5, 5.41) is 25.1. The van der Waals surface area contributed by atoms with E-state index in [0.29, 0.717) is 96.1 Å². The molecule has 0 spiro atoms. The number of carbonyl (C=O) groups is 4. The van der Waals surface area contributed by atoms with Crippen LogP contribution >= 0.6 is 23.2 Å². The zero-order valence-corrected chi connectivity index (χ0v) is 51.9. The van der Waals surface area contributed by atoms with Crippen molar-refractivity contribution >= 4 is 58.2 Å². The third kappa shape index (κ3) is 15.8. The Labute approximate surface area is 527 Å². The number of pyridine rings is 1. The Morgan fingerprint density at radius 2 is 0.933 bits per heavy atom. The second-order valence-corrected chi connectivity index (χ2v) is 25.7. The number of benzene rings is 4. The number of nitrogens with zero attached hydrogens (tertiary/aromatic N) is 7. The van der Waals surface area contributed by atoms with E-state index < -0.39 is 46.5 Å². The molecule has 0 bridgehead atoms. The molecule has 1 unspecified atom stereocenters. The van der Waals surface area contributed by atoms with Gasteiger partial charge in [0.25, 0.3) is 34.8 Å². The third-order valence-corrected chi connectivity index (χ3v) is 19.4. The maximum atomic E-state index is 14.0. The number of likely N-dealkylation sites (tertiary alicyclic amines) is 3. The Bertz CT molecular complexity index is 3180. The van der Waals surface area contributed by atoms with Crippen molar-refractivity contribution in [3.05, 3.63) is 159 Å². The zero-order chi connectivity index (χ0) is 63.7. The molecule has 5 fully saturated rings. The molecule has 5 aliphatic heterocycles. The third-order valence-electron chi connectivity index (χ3n) is 18.8. The van der Waals surface area contributed by atoms with Gasteiger partial charge in [0.15, 0.2) is 0 Å². The van der Waals surface area contributed by atoms with Crippen molar-refractivity contribution in [1.29, 1.82) is 0 Å². The zero-order valence-electron chi connectivity index (χ0n) is 50.4. The highest BCUT2D eigenvalue weighted by Crippen LogP contribution is 2.44. The number of anilines is 2. The monoisotopic (exact) mass is 1280 g/mol. The average Bonchev–Trinajstić information content (AvgIpc) is 1.38. The van der Waals surface area contributed by atoms with E-state index in [0.717, 1.165) is 118 Å². The van der Waals surface area contributed by atoms with Gasteiger partial charge in [-0.1, -0.05) is 83.9 Å². The van der Waals surface area contributed by atoms with E-state index in [1.807, 2.05) is 66.4 Å². The van der Waals surface area contributed by atoms with Crippen LogP contribution in [0.25, 0.3) is 0 Å². The highest BCUT2D eigenvalue weighted by molar-refractivity contribution is 6.34. The first-order valence-corrected chi connectivity index (χ1v) is 31.7. The summed E-state index contributed by atoms with van der Waals surface area (Å²) in [7, 11) is 3.88. The Hall–Kier alpha value is -6.45. The quantitative estimate of drug-likeness (QED) is 0.0814. The number of rotatable bonds is 16. The van der Waals surface area contributed by atoms with E-state index in [1.165, 1.54) is 34.7 Å². The minimum absolute atomic E-state index is 0.0484. The molecule has 6 heterocycles. The number of likely N-dealkylation sites (N-methyl/N-ethyl adjacent to an activating group) is 1. The largest absolute Gasteiger partial charge is 0.430 e. The van der Waals surface area contributed by atoms with Gasteiger partial charge in [0.2, 0.25) is 0 Å². The van der Waals surface area contributed by atoms with Gasteiger partial charge >= 0.3 is 12.4 Å².